The number of hydrogen-bond donors (Lipinski definition) is 0. The number of nitro benzene ring substituents is 1. The van der Waals surface area contributed by atoms with E-state index in [9.17, 15) is 63.2 Å². The fourth-order valence-corrected chi connectivity index (χ4v) is 1.75. The van der Waals surface area contributed by atoms with Crippen molar-refractivity contribution < 1.29 is 62.7 Å². The van der Waals surface area contributed by atoms with Gasteiger partial charge in [0, 0.05) is 18.2 Å². The number of halogens is 11. The van der Waals surface area contributed by atoms with Crippen molar-refractivity contribution >= 4 is 12.0 Å². The number of aldehydes is 1. The van der Waals surface area contributed by atoms with Crippen molar-refractivity contribution in [3.05, 3.63) is 46.2 Å². The van der Waals surface area contributed by atoms with Gasteiger partial charge in [-0.2, -0.15) is 48.3 Å². The highest BCUT2D eigenvalue weighted by atomic mass is 19.4. The summed E-state index contributed by atoms with van der Waals surface area (Å²) in [5.74, 6) is -33.0. The number of alkyl halides is 11. The Bertz CT molecular complexity index is 831. The Morgan fingerprint density at radius 2 is 1.30 bits per heavy atom. The van der Waals surface area contributed by atoms with E-state index in [2.05, 4.69) is 4.74 Å². The van der Waals surface area contributed by atoms with Gasteiger partial charge in [0.15, 0.2) is 5.76 Å². The van der Waals surface area contributed by atoms with E-state index in [1.54, 1.807) is 0 Å². The third-order valence-electron chi connectivity index (χ3n) is 3.34. The number of carbonyl (C=O) groups excluding carboxylic acids is 1. The smallest absolute Gasteiger partial charge is 0.455 e. The molecule has 0 radical (unpaired) electrons. The van der Waals surface area contributed by atoms with E-state index in [0.717, 1.165) is 0 Å². The van der Waals surface area contributed by atoms with Crippen LogP contribution >= 0.6 is 0 Å². The summed E-state index contributed by atoms with van der Waals surface area (Å²) in [6, 6.07) is 2.04. The van der Waals surface area contributed by atoms with E-state index in [1.807, 2.05) is 0 Å². The maximum Gasteiger partial charge on any atom is 0.460 e. The van der Waals surface area contributed by atoms with E-state index < -0.39 is 64.3 Å². The van der Waals surface area contributed by atoms with E-state index in [1.165, 1.54) is 0 Å². The highest BCUT2D eigenvalue weighted by molar-refractivity contribution is 5.66. The Hall–Kier alpha value is -2.94. The highest BCUT2D eigenvalue weighted by Crippen LogP contribution is 2.58. The molecule has 0 saturated heterocycles. The van der Waals surface area contributed by atoms with E-state index in [0.29, 0.717) is 24.3 Å². The van der Waals surface area contributed by atoms with Gasteiger partial charge >= 0.3 is 29.9 Å². The summed E-state index contributed by atoms with van der Waals surface area (Å²) in [7, 11) is 0. The fraction of sp³-hybridized carbons (Fsp3) is 0.357. The fourth-order valence-electron chi connectivity index (χ4n) is 1.75. The molecule has 0 heterocycles. The summed E-state index contributed by atoms with van der Waals surface area (Å²) in [6.07, 6.45) is -8.70. The molecule has 16 heteroatoms. The molecule has 0 aliphatic heterocycles. The number of non-ortho nitro benzene ring substituents is 1. The SMILES string of the molecule is O=C/C=C(/Oc1ccc([N+](=O)[O-])cc1)C(F)(F)C(F)(F)C(F)(F)C(F)(F)C(F)(F)F. The molecule has 0 aromatic heterocycles. The molecular weight excluding hydrogens is 455 g/mol. The number of ether oxygens (including phenoxy) is 1. The number of rotatable bonds is 8. The largest absolute Gasteiger partial charge is 0.460 e. The molecule has 30 heavy (non-hydrogen) atoms. The molecule has 0 bridgehead atoms. The van der Waals surface area contributed by atoms with Crippen molar-refractivity contribution in [3.63, 3.8) is 0 Å². The van der Waals surface area contributed by atoms with Crippen molar-refractivity contribution in [2.75, 3.05) is 0 Å². The average molecular weight is 461 g/mol. The van der Waals surface area contributed by atoms with Crippen LogP contribution < -0.4 is 4.74 Å². The Morgan fingerprint density at radius 1 is 0.833 bits per heavy atom. The molecule has 0 fully saturated rings. The number of benzene rings is 1. The monoisotopic (exact) mass is 461 g/mol. The zero-order valence-electron chi connectivity index (χ0n) is 13.7. The lowest BCUT2D eigenvalue weighted by atomic mass is 9.96. The summed E-state index contributed by atoms with van der Waals surface area (Å²) in [5, 5.41) is 10.5. The molecule has 5 nitrogen and oxygen atoms in total. The van der Waals surface area contributed by atoms with Gasteiger partial charge in [-0.05, 0) is 12.1 Å². The molecule has 0 spiro atoms. The van der Waals surface area contributed by atoms with E-state index >= 15 is 0 Å². The van der Waals surface area contributed by atoms with Crippen LogP contribution in [0.4, 0.5) is 54.0 Å². The Kier molecular flexibility index (Phi) is 6.45. The van der Waals surface area contributed by atoms with Gasteiger partial charge in [0.05, 0.1) is 4.92 Å². The molecule has 168 valence electrons. The van der Waals surface area contributed by atoms with Crippen molar-refractivity contribution in [2.24, 2.45) is 0 Å². The van der Waals surface area contributed by atoms with Crippen LogP contribution in [0.15, 0.2) is 36.1 Å². The molecular formula is C14H6F11NO4. The van der Waals surface area contributed by atoms with Gasteiger partial charge in [-0.15, -0.1) is 0 Å². The Balaban J connectivity index is 3.45. The van der Waals surface area contributed by atoms with Crippen LogP contribution in [0.3, 0.4) is 0 Å². The van der Waals surface area contributed by atoms with Gasteiger partial charge in [-0.1, -0.05) is 0 Å². The van der Waals surface area contributed by atoms with Crippen molar-refractivity contribution in [2.45, 2.75) is 29.9 Å². The van der Waals surface area contributed by atoms with Gasteiger partial charge in [-0.3, -0.25) is 14.9 Å². The Labute approximate surface area is 157 Å². The minimum atomic E-state index is -7.69. The van der Waals surface area contributed by atoms with Crippen molar-refractivity contribution in [1.29, 1.82) is 0 Å². The summed E-state index contributed by atoms with van der Waals surface area (Å²) in [5.41, 5.74) is -0.684. The first-order valence-electron chi connectivity index (χ1n) is 7.00. The average Bonchev–Trinajstić information content (AvgIpc) is 2.60. The first kappa shape index (κ1) is 25.1. The van der Waals surface area contributed by atoms with E-state index in [4.69, 9.17) is 0 Å². The van der Waals surface area contributed by atoms with Crippen LogP contribution in [-0.4, -0.2) is 41.1 Å². The minimum Gasteiger partial charge on any atom is -0.455 e. The van der Waals surface area contributed by atoms with Gasteiger partial charge in [0.2, 0.25) is 0 Å². The third kappa shape index (κ3) is 4.02. The number of nitrogens with zero attached hydrogens (tertiary/aromatic N) is 1. The maximum absolute atomic E-state index is 14.0. The number of nitro groups is 1. The number of allylic oxidation sites excluding steroid dienone is 2. The number of hydrogen-bond acceptors (Lipinski definition) is 4. The van der Waals surface area contributed by atoms with Crippen molar-refractivity contribution in [3.8, 4) is 5.75 Å². The second kappa shape index (κ2) is 7.71. The first-order valence-corrected chi connectivity index (χ1v) is 7.00. The lowest BCUT2D eigenvalue weighted by molar-refractivity contribution is -0.419. The molecule has 1 rings (SSSR count). The van der Waals surface area contributed by atoms with Crippen LogP contribution in [0.1, 0.15) is 0 Å². The lowest BCUT2D eigenvalue weighted by Crippen LogP contribution is -2.67. The lowest BCUT2D eigenvalue weighted by Gasteiger charge is -2.37. The highest BCUT2D eigenvalue weighted by Gasteiger charge is 2.88. The number of carbonyl (C=O) groups is 1. The minimum absolute atomic E-state index is 0.466. The molecule has 0 atom stereocenters. The Morgan fingerprint density at radius 3 is 1.67 bits per heavy atom. The molecule has 0 unspecified atom stereocenters. The summed E-state index contributed by atoms with van der Waals surface area (Å²) in [4.78, 5) is 19.8. The molecule has 0 saturated carbocycles. The van der Waals surface area contributed by atoms with Gasteiger partial charge < -0.3 is 4.74 Å². The van der Waals surface area contributed by atoms with Crippen LogP contribution in [0, 0.1) is 10.1 Å². The summed E-state index contributed by atoms with van der Waals surface area (Å²) >= 11 is 0. The van der Waals surface area contributed by atoms with Gasteiger partial charge in [0.25, 0.3) is 5.69 Å². The normalized spacial score (nSPS) is 14.4. The molecule has 0 amide bonds. The molecule has 0 aliphatic carbocycles. The van der Waals surface area contributed by atoms with Crippen LogP contribution in [0.5, 0.6) is 5.75 Å². The van der Waals surface area contributed by atoms with Crippen LogP contribution in [-0.2, 0) is 4.79 Å². The molecule has 1 aromatic rings. The predicted molar refractivity (Wildman–Crippen MR) is 73.7 cm³/mol. The van der Waals surface area contributed by atoms with E-state index in [-0.39, 0.29) is 0 Å². The summed E-state index contributed by atoms with van der Waals surface area (Å²) in [6.45, 7) is 0. The second-order valence-electron chi connectivity index (χ2n) is 5.32. The zero-order chi connectivity index (χ0) is 23.8. The molecule has 1 aromatic carbocycles. The molecule has 0 N–H and O–H groups in total. The third-order valence-corrected chi connectivity index (χ3v) is 3.34. The zero-order valence-corrected chi connectivity index (χ0v) is 13.7. The second-order valence-corrected chi connectivity index (χ2v) is 5.32. The van der Waals surface area contributed by atoms with Crippen molar-refractivity contribution in [1.82, 2.24) is 0 Å². The summed E-state index contributed by atoms with van der Waals surface area (Å²) < 4.78 is 148. The van der Waals surface area contributed by atoms with Crippen LogP contribution in [0.25, 0.3) is 0 Å². The van der Waals surface area contributed by atoms with Crippen LogP contribution in [0.2, 0.25) is 0 Å². The molecule has 0 aliphatic rings. The van der Waals surface area contributed by atoms with Gasteiger partial charge in [0.1, 0.15) is 12.0 Å². The standard InChI is InChI=1S/C14H6F11NO4/c15-10(16,11(17,18)12(19,20)13(21,22)14(23,24)25)9(5-6-27)30-8-3-1-7(2-4-8)26(28)29/h1-6H/b9-5+. The first-order chi connectivity index (χ1) is 13.3. The van der Waals surface area contributed by atoms with Gasteiger partial charge in [-0.25, -0.2) is 0 Å². The maximum atomic E-state index is 14.0. The quantitative estimate of drug-likeness (QED) is 0.134. The topological polar surface area (TPSA) is 69.4 Å². The predicted octanol–water partition coefficient (Wildman–Crippen LogP) is 5.16.